The lowest BCUT2D eigenvalue weighted by Crippen LogP contribution is -2.43. The van der Waals surface area contributed by atoms with Crippen LogP contribution in [0.2, 0.25) is 0 Å². The molecular formula is C26H61N5. The summed E-state index contributed by atoms with van der Waals surface area (Å²) in [7, 11) is 1.98. The molecule has 0 radical (unpaired) electrons. The standard InChI is InChI=1S/C8H18N2.C7H16N2.C6H14.C5H13N/c1-2-3-6-10-7-4-9-5-8-10;1-2-5-9-6-3-8-4-7-9;1-3-5-6-4-2;1-3-4-5-6-2/h9H,2-8H2,1H3;8H,2-7H2,1H3;3-6H2,1-2H3;6H,3-5H2,1-2H3. The van der Waals surface area contributed by atoms with Gasteiger partial charge < -0.3 is 25.8 Å². The van der Waals surface area contributed by atoms with Crippen molar-refractivity contribution < 1.29 is 0 Å². The molecule has 190 valence electrons. The molecule has 2 aliphatic heterocycles. The van der Waals surface area contributed by atoms with E-state index in [1.54, 1.807) is 0 Å². The predicted octanol–water partition coefficient (Wildman–Crippen LogP) is 4.59. The molecule has 0 amide bonds. The molecule has 0 unspecified atom stereocenters. The lowest BCUT2D eigenvalue weighted by Gasteiger charge is -2.26. The van der Waals surface area contributed by atoms with Crippen LogP contribution in [0.15, 0.2) is 0 Å². The van der Waals surface area contributed by atoms with Crippen molar-refractivity contribution in [3.8, 4) is 0 Å². The van der Waals surface area contributed by atoms with Gasteiger partial charge in [-0.25, -0.2) is 0 Å². The van der Waals surface area contributed by atoms with E-state index in [2.05, 4.69) is 60.4 Å². The molecule has 0 aromatic heterocycles. The maximum atomic E-state index is 3.35. The van der Waals surface area contributed by atoms with Gasteiger partial charge >= 0.3 is 0 Å². The fraction of sp³-hybridized carbons (Fsp3) is 1.00. The molecule has 0 aromatic carbocycles. The van der Waals surface area contributed by atoms with Gasteiger partial charge in [-0.1, -0.05) is 73.1 Å². The van der Waals surface area contributed by atoms with Gasteiger partial charge in [-0.15, -0.1) is 0 Å². The first-order chi connectivity index (χ1) is 15.2. The van der Waals surface area contributed by atoms with Crippen LogP contribution in [0.5, 0.6) is 0 Å². The van der Waals surface area contributed by atoms with E-state index >= 15 is 0 Å². The lowest BCUT2D eigenvalue weighted by atomic mass is 10.2. The Bertz CT molecular complexity index is 271. The van der Waals surface area contributed by atoms with Gasteiger partial charge in [0.05, 0.1) is 0 Å². The molecule has 2 rings (SSSR count). The number of nitrogens with one attached hydrogen (secondary N) is 3. The van der Waals surface area contributed by atoms with Gasteiger partial charge in [0.1, 0.15) is 0 Å². The molecule has 3 N–H and O–H groups in total. The number of hydrogen-bond donors (Lipinski definition) is 3. The van der Waals surface area contributed by atoms with E-state index < -0.39 is 0 Å². The Labute approximate surface area is 197 Å². The van der Waals surface area contributed by atoms with Gasteiger partial charge in [0, 0.05) is 52.4 Å². The molecule has 5 nitrogen and oxygen atoms in total. The first kappa shape index (κ1) is 33.0. The van der Waals surface area contributed by atoms with E-state index in [0.717, 1.165) is 6.54 Å². The molecule has 2 aliphatic rings. The largest absolute Gasteiger partial charge is 0.320 e. The highest BCUT2D eigenvalue weighted by atomic mass is 15.2. The minimum absolute atomic E-state index is 1.16. The molecule has 31 heavy (non-hydrogen) atoms. The molecule has 0 aliphatic carbocycles. The van der Waals surface area contributed by atoms with Crippen LogP contribution in [-0.4, -0.2) is 88.8 Å². The summed E-state index contributed by atoms with van der Waals surface area (Å²) in [6, 6.07) is 0. The topological polar surface area (TPSA) is 42.6 Å². The maximum absolute atomic E-state index is 3.35. The second-order valence-corrected chi connectivity index (χ2v) is 8.70. The van der Waals surface area contributed by atoms with E-state index in [-0.39, 0.29) is 0 Å². The maximum Gasteiger partial charge on any atom is 0.0107 e. The summed E-state index contributed by atoms with van der Waals surface area (Å²) in [5.41, 5.74) is 0. The third-order valence-corrected chi connectivity index (χ3v) is 5.52. The van der Waals surface area contributed by atoms with E-state index in [0.29, 0.717) is 0 Å². The van der Waals surface area contributed by atoms with Crippen molar-refractivity contribution in [1.29, 1.82) is 0 Å². The zero-order valence-corrected chi connectivity index (χ0v) is 22.5. The molecule has 0 bridgehead atoms. The van der Waals surface area contributed by atoms with Gasteiger partial charge in [0.15, 0.2) is 0 Å². The molecule has 2 saturated heterocycles. The summed E-state index contributed by atoms with van der Waals surface area (Å²) >= 11 is 0. The summed E-state index contributed by atoms with van der Waals surface area (Å²) in [4.78, 5) is 5.05. The summed E-state index contributed by atoms with van der Waals surface area (Å²) in [5.74, 6) is 0. The fourth-order valence-corrected chi connectivity index (χ4v) is 3.42. The van der Waals surface area contributed by atoms with Crippen LogP contribution in [0.1, 0.15) is 92.4 Å². The van der Waals surface area contributed by atoms with Gasteiger partial charge in [0.25, 0.3) is 0 Å². The predicted molar refractivity (Wildman–Crippen MR) is 142 cm³/mol. The fourth-order valence-electron chi connectivity index (χ4n) is 3.42. The van der Waals surface area contributed by atoms with Crippen molar-refractivity contribution in [2.75, 3.05) is 79.0 Å². The highest BCUT2D eigenvalue weighted by Crippen LogP contribution is 1.96. The van der Waals surface area contributed by atoms with E-state index in [4.69, 9.17) is 0 Å². The number of rotatable bonds is 11. The SMILES string of the molecule is CCCCCC.CCCCN1CCNCC1.CCCCNC.CCCN1CCNCC1. The lowest BCUT2D eigenvalue weighted by molar-refractivity contribution is 0.238. The average Bonchev–Trinajstić information content (AvgIpc) is 2.83. The molecule has 5 heteroatoms. The molecule has 2 fully saturated rings. The zero-order valence-electron chi connectivity index (χ0n) is 22.5. The van der Waals surface area contributed by atoms with Crippen molar-refractivity contribution in [3.05, 3.63) is 0 Å². The highest BCUT2D eigenvalue weighted by molar-refractivity contribution is 4.67. The van der Waals surface area contributed by atoms with E-state index in [1.165, 1.54) is 123 Å². The number of hydrogen-bond acceptors (Lipinski definition) is 5. The quantitative estimate of drug-likeness (QED) is 0.408. The molecule has 0 saturated carbocycles. The number of unbranched alkanes of at least 4 members (excludes halogenated alkanes) is 5. The van der Waals surface area contributed by atoms with Gasteiger partial charge in [-0.2, -0.15) is 0 Å². The molecule has 0 spiro atoms. The van der Waals surface area contributed by atoms with Gasteiger partial charge in [-0.3, -0.25) is 0 Å². The summed E-state index contributed by atoms with van der Waals surface area (Å²) < 4.78 is 0. The van der Waals surface area contributed by atoms with Crippen molar-refractivity contribution in [2.45, 2.75) is 92.4 Å². The monoisotopic (exact) mass is 443 g/mol. The normalized spacial score (nSPS) is 16.8. The smallest absolute Gasteiger partial charge is 0.0107 e. The Kier molecular flexibility index (Phi) is 31.7. The summed E-state index contributed by atoms with van der Waals surface area (Å²) in [5, 5.41) is 9.75. The summed E-state index contributed by atoms with van der Waals surface area (Å²) in [6.07, 6.45) is 12.1. The average molecular weight is 444 g/mol. The number of nitrogens with zero attached hydrogens (tertiary/aromatic N) is 2. The summed E-state index contributed by atoms with van der Waals surface area (Å²) in [6.45, 7) is 24.6. The third kappa shape index (κ3) is 27.8. The Hall–Kier alpha value is -0.200. The zero-order chi connectivity index (χ0) is 23.4. The van der Waals surface area contributed by atoms with Crippen molar-refractivity contribution >= 4 is 0 Å². The van der Waals surface area contributed by atoms with Crippen molar-refractivity contribution in [3.63, 3.8) is 0 Å². The van der Waals surface area contributed by atoms with Crippen LogP contribution in [-0.2, 0) is 0 Å². The van der Waals surface area contributed by atoms with E-state index in [1.807, 2.05) is 7.05 Å². The van der Waals surface area contributed by atoms with Crippen LogP contribution in [0, 0.1) is 0 Å². The first-order valence-electron chi connectivity index (χ1n) is 13.7. The molecule has 2 heterocycles. The van der Waals surface area contributed by atoms with E-state index in [9.17, 15) is 0 Å². The highest BCUT2D eigenvalue weighted by Gasteiger charge is 2.07. The van der Waals surface area contributed by atoms with Crippen LogP contribution < -0.4 is 16.0 Å². The van der Waals surface area contributed by atoms with Crippen molar-refractivity contribution in [1.82, 2.24) is 25.8 Å². The van der Waals surface area contributed by atoms with Crippen molar-refractivity contribution in [2.24, 2.45) is 0 Å². The van der Waals surface area contributed by atoms with Crippen LogP contribution >= 0.6 is 0 Å². The van der Waals surface area contributed by atoms with Crippen LogP contribution in [0.4, 0.5) is 0 Å². The van der Waals surface area contributed by atoms with Gasteiger partial charge in [0.2, 0.25) is 0 Å². The van der Waals surface area contributed by atoms with Crippen LogP contribution in [0.3, 0.4) is 0 Å². The molecule has 0 atom stereocenters. The second kappa shape index (κ2) is 29.8. The minimum atomic E-state index is 1.16. The molecule has 0 aromatic rings. The molecular weight excluding hydrogens is 382 g/mol. The second-order valence-electron chi connectivity index (χ2n) is 8.70. The Morgan fingerprint density at radius 2 is 0.968 bits per heavy atom. The Morgan fingerprint density at radius 3 is 1.29 bits per heavy atom. The van der Waals surface area contributed by atoms with Gasteiger partial charge in [-0.05, 0) is 45.9 Å². The number of piperazine rings is 2. The Morgan fingerprint density at radius 1 is 0.548 bits per heavy atom. The third-order valence-electron chi connectivity index (χ3n) is 5.52. The minimum Gasteiger partial charge on any atom is -0.320 e. The van der Waals surface area contributed by atoms with Crippen LogP contribution in [0.25, 0.3) is 0 Å². The Balaban J connectivity index is 0. The first-order valence-corrected chi connectivity index (χ1v) is 13.7.